The van der Waals surface area contributed by atoms with Gasteiger partial charge in [-0.2, -0.15) is 0 Å². The third kappa shape index (κ3) is 4.02. The van der Waals surface area contributed by atoms with E-state index in [1.807, 2.05) is 12.1 Å². The van der Waals surface area contributed by atoms with Gasteiger partial charge in [-0.1, -0.05) is 22.9 Å². The summed E-state index contributed by atoms with van der Waals surface area (Å²) >= 11 is 3.23. The molecule has 0 aliphatic carbocycles. The van der Waals surface area contributed by atoms with Gasteiger partial charge in [0.1, 0.15) is 17.3 Å². The van der Waals surface area contributed by atoms with E-state index in [0.29, 0.717) is 16.0 Å². The van der Waals surface area contributed by atoms with Gasteiger partial charge in [0, 0.05) is 16.6 Å². The van der Waals surface area contributed by atoms with Gasteiger partial charge < -0.3 is 10.1 Å². The third-order valence-electron chi connectivity index (χ3n) is 2.78. The normalized spacial score (nSPS) is 12.2. The van der Waals surface area contributed by atoms with Gasteiger partial charge in [0.15, 0.2) is 0 Å². The standard InChI is InChI=1S/C15H16BrFN2O/c1-3-18-10(2)15-5-4-13(9-19-15)20-14-7-11(16)6-12(17)8-14/h4-10,18H,3H2,1-2H3. The van der Waals surface area contributed by atoms with Crippen molar-refractivity contribution >= 4 is 15.9 Å². The molecule has 1 atom stereocenters. The molecule has 0 bridgehead atoms. The molecule has 0 aliphatic rings. The lowest BCUT2D eigenvalue weighted by Gasteiger charge is -2.12. The van der Waals surface area contributed by atoms with Crippen LogP contribution in [0.2, 0.25) is 0 Å². The minimum atomic E-state index is -0.347. The van der Waals surface area contributed by atoms with Crippen LogP contribution < -0.4 is 10.1 Å². The fraction of sp³-hybridized carbons (Fsp3) is 0.267. The molecule has 5 heteroatoms. The molecule has 20 heavy (non-hydrogen) atoms. The molecule has 1 heterocycles. The molecule has 0 fully saturated rings. The molecule has 0 aliphatic heterocycles. The highest BCUT2D eigenvalue weighted by Gasteiger charge is 2.06. The molecule has 2 aromatic rings. The highest BCUT2D eigenvalue weighted by Crippen LogP contribution is 2.26. The first-order chi connectivity index (χ1) is 9.58. The summed E-state index contributed by atoms with van der Waals surface area (Å²) in [7, 11) is 0. The van der Waals surface area contributed by atoms with Gasteiger partial charge in [-0.15, -0.1) is 0 Å². The van der Waals surface area contributed by atoms with E-state index < -0.39 is 0 Å². The molecule has 3 nitrogen and oxygen atoms in total. The average molecular weight is 339 g/mol. The number of nitrogens with one attached hydrogen (secondary N) is 1. The molecule has 2 rings (SSSR count). The SMILES string of the molecule is CCNC(C)c1ccc(Oc2cc(F)cc(Br)c2)cn1. The van der Waals surface area contributed by atoms with Gasteiger partial charge in [-0.3, -0.25) is 4.98 Å². The number of aromatic nitrogens is 1. The Morgan fingerprint density at radius 2 is 2.10 bits per heavy atom. The molecule has 1 aromatic carbocycles. The Morgan fingerprint density at radius 1 is 1.30 bits per heavy atom. The zero-order valence-corrected chi connectivity index (χ0v) is 12.9. The van der Waals surface area contributed by atoms with Gasteiger partial charge in [0.05, 0.1) is 11.9 Å². The predicted molar refractivity (Wildman–Crippen MR) is 80.5 cm³/mol. The second kappa shape index (κ2) is 6.81. The van der Waals surface area contributed by atoms with E-state index in [4.69, 9.17) is 4.74 Å². The van der Waals surface area contributed by atoms with Crippen LogP contribution in [-0.2, 0) is 0 Å². The second-order valence-electron chi connectivity index (χ2n) is 4.41. The topological polar surface area (TPSA) is 34.1 Å². The first-order valence-corrected chi connectivity index (χ1v) is 7.21. The number of ether oxygens (including phenoxy) is 1. The summed E-state index contributed by atoms with van der Waals surface area (Å²) in [6.45, 7) is 4.99. The van der Waals surface area contributed by atoms with Crippen LogP contribution in [0.15, 0.2) is 41.0 Å². The summed E-state index contributed by atoms with van der Waals surface area (Å²) in [5.41, 5.74) is 0.944. The Kier molecular flexibility index (Phi) is 5.09. The maximum absolute atomic E-state index is 13.3. The van der Waals surface area contributed by atoms with E-state index in [9.17, 15) is 4.39 Å². The highest BCUT2D eigenvalue weighted by molar-refractivity contribution is 9.10. The van der Waals surface area contributed by atoms with Crippen LogP contribution in [0, 0.1) is 5.82 Å². The van der Waals surface area contributed by atoms with E-state index in [1.165, 1.54) is 12.1 Å². The van der Waals surface area contributed by atoms with Crippen molar-refractivity contribution in [3.05, 3.63) is 52.5 Å². The Hall–Kier alpha value is -1.46. The Balaban J connectivity index is 2.10. The number of hydrogen-bond donors (Lipinski definition) is 1. The molecule has 0 amide bonds. The quantitative estimate of drug-likeness (QED) is 0.874. The fourth-order valence-corrected chi connectivity index (χ4v) is 2.29. The summed E-state index contributed by atoms with van der Waals surface area (Å²) in [4.78, 5) is 4.35. The van der Waals surface area contributed by atoms with Crippen LogP contribution >= 0.6 is 15.9 Å². The molecular formula is C15H16BrFN2O. The summed E-state index contributed by atoms with van der Waals surface area (Å²) in [6, 6.07) is 8.34. The molecular weight excluding hydrogens is 323 g/mol. The van der Waals surface area contributed by atoms with Gasteiger partial charge in [-0.25, -0.2) is 4.39 Å². The maximum Gasteiger partial charge on any atom is 0.145 e. The molecule has 1 unspecified atom stereocenters. The van der Waals surface area contributed by atoms with E-state index in [2.05, 4.69) is 40.1 Å². The summed E-state index contributed by atoms with van der Waals surface area (Å²) < 4.78 is 19.5. The Morgan fingerprint density at radius 3 is 2.70 bits per heavy atom. The molecule has 1 N–H and O–H groups in total. The third-order valence-corrected chi connectivity index (χ3v) is 3.24. The Bertz CT molecular complexity index is 554. The first kappa shape index (κ1) is 14.9. The second-order valence-corrected chi connectivity index (χ2v) is 5.32. The molecule has 0 radical (unpaired) electrons. The van der Waals surface area contributed by atoms with E-state index in [0.717, 1.165) is 12.2 Å². The molecule has 106 valence electrons. The largest absolute Gasteiger partial charge is 0.456 e. The minimum absolute atomic E-state index is 0.192. The van der Waals surface area contributed by atoms with Crippen molar-refractivity contribution in [1.29, 1.82) is 0 Å². The number of rotatable bonds is 5. The highest BCUT2D eigenvalue weighted by atomic mass is 79.9. The monoisotopic (exact) mass is 338 g/mol. The van der Waals surface area contributed by atoms with Crippen LogP contribution in [-0.4, -0.2) is 11.5 Å². The van der Waals surface area contributed by atoms with Gasteiger partial charge in [0.2, 0.25) is 0 Å². The lowest BCUT2D eigenvalue weighted by Crippen LogP contribution is -2.18. The first-order valence-electron chi connectivity index (χ1n) is 6.41. The Labute approximate surface area is 126 Å². The lowest BCUT2D eigenvalue weighted by atomic mass is 10.2. The molecule has 1 aromatic heterocycles. The van der Waals surface area contributed by atoms with E-state index in [-0.39, 0.29) is 11.9 Å². The maximum atomic E-state index is 13.3. The van der Waals surface area contributed by atoms with E-state index >= 15 is 0 Å². The molecule has 0 saturated carbocycles. The van der Waals surface area contributed by atoms with Crippen molar-refractivity contribution in [2.45, 2.75) is 19.9 Å². The number of hydrogen-bond acceptors (Lipinski definition) is 3. The fourth-order valence-electron chi connectivity index (χ4n) is 1.84. The van der Waals surface area contributed by atoms with E-state index in [1.54, 1.807) is 12.3 Å². The zero-order chi connectivity index (χ0) is 14.5. The smallest absolute Gasteiger partial charge is 0.145 e. The summed E-state index contributed by atoms with van der Waals surface area (Å²) in [6.07, 6.45) is 1.64. The van der Waals surface area contributed by atoms with Gasteiger partial charge >= 0.3 is 0 Å². The van der Waals surface area contributed by atoms with Crippen LogP contribution in [0.1, 0.15) is 25.6 Å². The summed E-state index contributed by atoms with van der Waals surface area (Å²) in [5, 5.41) is 3.29. The van der Waals surface area contributed by atoms with Crippen LogP contribution in [0.3, 0.4) is 0 Å². The van der Waals surface area contributed by atoms with Gasteiger partial charge in [0.25, 0.3) is 0 Å². The number of halogens is 2. The number of pyridine rings is 1. The molecule has 0 saturated heterocycles. The van der Waals surface area contributed by atoms with Crippen molar-refractivity contribution < 1.29 is 9.13 Å². The number of benzene rings is 1. The zero-order valence-electron chi connectivity index (χ0n) is 11.4. The minimum Gasteiger partial charge on any atom is -0.456 e. The summed E-state index contributed by atoms with van der Waals surface area (Å²) in [5.74, 6) is 0.667. The average Bonchev–Trinajstić information content (AvgIpc) is 2.38. The van der Waals surface area contributed by atoms with Crippen molar-refractivity contribution in [3.63, 3.8) is 0 Å². The van der Waals surface area contributed by atoms with Crippen molar-refractivity contribution in [1.82, 2.24) is 10.3 Å². The van der Waals surface area contributed by atoms with Gasteiger partial charge in [-0.05, 0) is 37.7 Å². The van der Waals surface area contributed by atoms with Crippen LogP contribution in [0.25, 0.3) is 0 Å². The predicted octanol–water partition coefficient (Wildman–Crippen LogP) is 4.45. The van der Waals surface area contributed by atoms with Crippen molar-refractivity contribution in [2.75, 3.05) is 6.54 Å². The van der Waals surface area contributed by atoms with Crippen molar-refractivity contribution in [3.8, 4) is 11.5 Å². The van der Waals surface area contributed by atoms with Crippen molar-refractivity contribution in [2.24, 2.45) is 0 Å². The van der Waals surface area contributed by atoms with Crippen LogP contribution in [0.4, 0.5) is 4.39 Å². The molecule has 0 spiro atoms. The van der Waals surface area contributed by atoms with Crippen LogP contribution in [0.5, 0.6) is 11.5 Å². The lowest BCUT2D eigenvalue weighted by molar-refractivity contribution is 0.472. The number of nitrogens with zero attached hydrogens (tertiary/aromatic N) is 1.